The van der Waals surface area contributed by atoms with Crippen LogP contribution in [0.5, 0.6) is 0 Å². The molecule has 0 amide bonds. The molecule has 0 aliphatic carbocycles. The SMILES string of the molecule is CC/C=C\C/C=C\C/C=C\C/C=C\CCC(=O)OC(COC(=O)CCCCC/C=C\C/C=C\C/C=C\CC)COC(=O)CCCCCCCCCCCCCCCCCCC/C=C\C/C=C\CCCCCCC. The molecule has 416 valence electrons. The van der Waals surface area contributed by atoms with Crippen molar-refractivity contribution in [3.8, 4) is 0 Å². The maximum absolute atomic E-state index is 12.8. The lowest BCUT2D eigenvalue weighted by molar-refractivity contribution is -0.166. The summed E-state index contributed by atoms with van der Waals surface area (Å²) in [6.07, 6.45) is 82.7. The van der Waals surface area contributed by atoms with Crippen molar-refractivity contribution in [1.29, 1.82) is 0 Å². The highest BCUT2D eigenvalue weighted by Crippen LogP contribution is 2.16. The fourth-order valence-electron chi connectivity index (χ4n) is 8.27. The van der Waals surface area contributed by atoms with Crippen LogP contribution in [0.25, 0.3) is 0 Å². The van der Waals surface area contributed by atoms with Crippen LogP contribution in [0.15, 0.2) is 109 Å². The maximum atomic E-state index is 12.8. The smallest absolute Gasteiger partial charge is 0.306 e. The van der Waals surface area contributed by atoms with Crippen molar-refractivity contribution in [3.05, 3.63) is 109 Å². The first-order valence-corrected chi connectivity index (χ1v) is 30.4. The van der Waals surface area contributed by atoms with Crippen LogP contribution >= 0.6 is 0 Å². The van der Waals surface area contributed by atoms with E-state index in [0.29, 0.717) is 19.3 Å². The molecule has 6 nitrogen and oxygen atoms in total. The van der Waals surface area contributed by atoms with Gasteiger partial charge in [-0.3, -0.25) is 14.4 Å². The molecule has 0 N–H and O–H groups in total. The van der Waals surface area contributed by atoms with Gasteiger partial charge in [-0.05, 0) is 109 Å². The zero-order valence-corrected chi connectivity index (χ0v) is 47.6. The van der Waals surface area contributed by atoms with Gasteiger partial charge in [-0.25, -0.2) is 0 Å². The number of ether oxygens (including phenoxy) is 3. The lowest BCUT2D eigenvalue weighted by Crippen LogP contribution is -2.30. The van der Waals surface area contributed by atoms with Gasteiger partial charge in [0.05, 0.1) is 0 Å². The number of hydrogen-bond acceptors (Lipinski definition) is 6. The first kappa shape index (κ1) is 69.1. The van der Waals surface area contributed by atoms with Crippen molar-refractivity contribution < 1.29 is 28.6 Å². The Labute approximate surface area is 450 Å². The van der Waals surface area contributed by atoms with Crippen LogP contribution in [0.2, 0.25) is 0 Å². The van der Waals surface area contributed by atoms with Crippen molar-refractivity contribution in [2.45, 2.75) is 284 Å². The molecule has 0 radical (unpaired) electrons. The standard InChI is InChI=1S/C67H112O6/c1-4-7-10-13-16-19-22-25-26-27-28-29-30-31-32-33-34-35-36-37-38-39-40-43-45-48-51-54-57-60-66(69)72-63-64(73-67(70)61-58-55-52-49-46-42-24-21-18-15-12-9-6-3)62-71-65(68)59-56-53-50-47-44-41-23-20-17-14-11-8-5-2/h8-9,11-12,17-18,20-22,25,27-28,41-42,44,46,52,55,64H,4-7,10,13-16,19,23-24,26,29-40,43,45,47-51,53-54,56-63H2,1-3H3/b11-8-,12-9-,20-17-,21-18-,25-22-,28-27-,44-41-,46-42-,55-52-. The number of carbonyl (C=O) groups excluding carboxylic acids is 3. The van der Waals surface area contributed by atoms with Crippen LogP contribution in [-0.2, 0) is 28.6 Å². The minimum atomic E-state index is -0.829. The van der Waals surface area contributed by atoms with Crippen LogP contribution in [0.1, 0.15) is 278 Å². The summed E-state index contributed by atoms with van der Waals surface area (Å²) in [5.41, 5.74) is 0. The van der Waals surface area contributed by atoms with Crippen LogP contribution < -0.4 is 0 Å². The van der Waals surface area contributed by atoms with Crippen molar-refractivity contribution in [3.63, 3.8) is 0 Å². The Bertz CT molecular complexity index is 1490. The molecule has 6 heteroatoms. The van der Waals surface area contributed by atoms with Gasteiger partial charge in [0.25, 0.3) is 0 Å². The number of unbranched alkanes of at least 4 members (excludes halogenated alkanes) is 25. The molecule has 0 aromatic carbocycles. The van der Waals surface area contributed by atoms with Gasteiger partial charge in [0.2, 0.25) is 0 Å². The maximum Gasteiger partial charge on any atom is 0.306 e. The largest absolute Gasteiger partial charge is 0.462 e. The molecule has 0 aromatic heterocycles. The summed E-state index contributed by atoms with van der Waals surface area (Å²) in [5.74, 6) is -1.03. The second kappa shape index (κ2) is 60.6. The van der Waals surface area contributed by atoms with E-state index in [4.69, 9.17) is 14.2 Å². The average Bonchev–Trinajstić information content (AvgIpc) is 3.39. The summed E-state index contributed by atoms with van der Waals surface area (Å²) >= 11 is 0. The topological polar surface area (TPSA) is 78.9 Å². The molecule has 0 aliphatic heterocycles. The fraction of sp³-hybridized carbons (Fsp3) is 0.687. The van der Waals surface area contributed by atoms with E-state index in [1.165, 1.54) is 135 Å². The van der Waals surface area contributed by atoms with Crippen molar-refractivity contribution >= 4 is 17.9 Å². The lowest BCUT2D eigenvalue weighted by Gasteiger charge is -2.18. The predicted molar refractivity (Wildman–Crippen MR) is 316 cm³/mol. The molecular weight excluding hydrogens is 901 g/mol. The Morgan fingerprint density at radius 2 is 0.562 bits per heavy atom. The Kier molecular flexibility index (Phi) is 57.4. The zero-order chi connectivity index (χ0) is 52.9. The van der Waals surface area contributed by atoms with Gasteiger partial charge < -0.3 is 14.2 Å². The molecule has 1 unspecified atom stereocenters. The van der Waals surface area contributed by atoms with E-state index < -0.39 is 12.1 Å². The Morgan fingerprint density at radius 3 is 0.904 bits per heavy atom. The zero-order valence-electron chi connectivity index (χ0n) is 47.6. The molecule has 0 aliphatic rings. The van der Waals surface area contributed by atoms with Crippen LogP contribution in [0.4, 0.5) is 0 Å². The molecule has 73 heavy (non-hydrogen) atoms. The highest BCUT2D eigenvalue weighted by molar-refractivity contribution is 5.71. The van der Waals surface area contributed by atoms with Gasteiger partial charge in [-0.1, -0.05) is 259 Å². The molecule has 0 aromatic rings. The molecule has 0 bridgehead atoms. The number of rotatable bonds is 54. The number of allylic oxidation sites excluding steroid dienone is 18. The molecular formula is C67H112O6. The van der Waals surface area contributed by atoms with E-state index >= 15 is 0 Å². The quantitative estimate of drug-likeness (QED) is 0.0261. The third-order valence-corrected chi connectivity index (χ3v) is 12.8. The van der Waals surface area contributed by atoms with Crippen molar-refractivity contribution in [1.82, 2.24) is 0 Å². The van der Waals surface area contributed by atoms with Gasteiger partial charge >= 0.3 is 17.9 Å². The molecule has 0 rings (SSSR count). The Balaban J connectivity index is 4.24. The minimum Gasteiger partial charge on any atom is -0.462 e. The molecule has 0 saturated heterocycles. The van der Waals surface area contributed by atoms with E-state index in [0.717, 1.165) is 96.3 Å². The second-order valence-corrected chi connectivity index (χ2v) is 19.8. The third-order valence-electron chi connectivity index (χ3n) is 12.8. The molecule has 0 saturated carbocycles. The lowest BCUT2D eigenvalue weighted by atomic mass is 10.0. The number of hydrogen-bond donors (Lipinski definition) is 0. The fourth-order valence-corrected chi connectivity index (χ4v) is 8.27. The first-order valence-electron chi connectivity index (χ1n) is 30.4. The summed E-state index contributed by atoms with van der Waals surface area (Å²) in [4.78, 5) is 38.1. The Hall–Kier alpha value is -3.93. The monoisotopic (exact) mass is 1010 g/mol. The first-order chi connectivity index (χ1) is 36.0. The van der Waals surface area contributed by atoms with Crippen LogP contribution in [-0.4, -0.2) is 37.2 Å². The van der Waals surface area contributed by atoms with Gasteiger partial charge in [-0.2, -0.15) is 0 Å². The van der Waals surface area contributed by atoms with Crippen LogP contribution in [0, 0.1) is 0 Å². The Morgan fingerprint density at radius 1 is 0.288 bits per heavy atom. The van der Waals surface area contributed by atoms with E-state index in [9.17, 15) is 14.4 Å². The van der Waals surface area contributed by atoms with E-state index in [1.807, 2.05) is 12.2 Å². The second-order valence-electron chi connectivity index (χ2n) is 19.8. The van der Waals surface area contributed by atoms with Gasteiger partial charge in [-0.15, -0.1) is 0 Å². The summed E-state index contributed by atoms with van der Waals surface area (Å²) < 4.78 is 16.7. The number of carbonyl (C=O) groups is 3. The van der Waals surface area contributed by atoms with E-state index in [1.54, 1.807) is 0 Å². The highest BCUT2D eigenvalue weighted by atomic mass is 16.6. The highest BCUT2D eigenvalue weighted by Gasteiger charge is 2.19. The number of esters is 3. The summed E-state index contributed by atoms with van der Waals surface area (Å²) in [6.45, 7) is 6.32. The van der Waals surface area contributed by atoms with Crippen molar-refractivity contribution in [2.24, 2.45) is 0 Å². The predicted octanol–water partition coefficient (Wildman–Crippen LogP) is 20.7. The normalized spacial score (nSPS) is 12.9. The molecule has 0 heterocycles. The summed E-state index contributed by atoms with van der Waals surface area (Å²) in [7, 11) is 0. The van der Waals surface area contributed by atoms with Gasteiger partial charge in [0, 0.05) is 19.3 Å². The van der Waals surface area contributed by atoms with Gasteiger partial charge in [0.15, 0.2) is 6.10 Å². The summed E-state index contributed by atoms with van der Waals surface area (Å²) in [6, 6.07) is 0. The molecule has 1 atom stereocenters. The van der Waals surface area contributed by atoms with E-state index in [2.05, 4.69) is 118 Å². The van der Waals surface area contributed by atoms with Gasteiger partial charge in [0.1, 0.15) is 13.2 Å². The van der Waals surface area contributed by atoms with E-state index in [-0.39, 0.29) is 31.6 Å². The summed E-state index contributed by atoms with van der Waals surface area (Å²) in [5, 5.41) is 0. The van der Waals surface area contributed by atoms with Crippen molar-refractivity contribution in [2.75, 3.05) is 13.2 Å². The molecule has 0 spiro atoms. The van der Waals surface area contributed by atoms with Crippen LogP contribution in [0.3, 0.4) is 0 Å². The minimum absolute atomic E-state index is 0.116. The third kappa shape index (κ3) is 58.8. The molecule has 0 fully saturated rings. The average molecular weight is 1010 g/mol.